The van der Waals surface area contributed by atoms with Gasteiger partial charge in [-0.15, -0.1) is 11.6 Å². The molecule has 0 unspecified atom stereocenters. The van der Waals surface area contributed by atoms with Crippen LogP contribution in [-0.4, -0.2) is 25.7 Å². The van der Waals surface area contributed by atoms with Crippen molar-refractivity contribution in [2.24, 2.45) is 0 Å². The summed E-state index contributed by atoms with van der Waals surface area (Å²) in [6, 6.07) is 5.69. The lowest BCUT2D eigenvalue weighted by Gasteiger charge is -2.10. The molecule has 0 fully saturated rings. The predicted molar refractivity (Wildman–Crippen MR) is 66.4 cm³/mol. The van der Waals surface area contributed by atoms with Crippen LogP contribution >= 0.6 is 23.4 Å². The van der Waals surface area contributed by atoms with Crippen LogP contribution in [0.1, 0.15) is 5.56 Å². The molecular formula is C11H15ClO2S. The first-order valence-corrected chi connectivity index (χ1v) is 6.59. The summed E-state index contributed by atoms with van der Waals surface area (Å²) in [5.74, 6) is 3.04. The maximum atomic E-state index is 5.81. The standard InChI is InChI=1S/C11H15ClO2S/c1-13-10-4-3-9(8-12)11(7-10)14-5-6-15-2/h3-4,7H,5-6,8H2,1-2H3. The largest absolute Gasteiger partial charge is 0.497 e. The van der Waals surface area contributed by atoms with E-state index in [0.29, 0.717) is 12.5 Å². The van der Waals surface area contributed by atoms with Gasteiger partial charge in [0.2, 0.25) is 0 Å². The molecule has 0 spiro atoms. The van der Waals surface area contributed by atoms with E-state index in [0.717, 1.165) is 22.8 Å². The van der Waals surface area contributed by atoms with E-state index in [9.17, 15) is 0 Å². The molecule has 0 heterocycles. The molecule has 0 aliphatic heterocycles. The number of rotatable bonds is 6. The SMILES string of the molecule is COc1ccc(CCl)c(OCCSC)c1. The van der Waals surface area contributed by atoms with E-state index in [2.05, 4.69) is 6.26 Å². The zero-order valence-electron chi connectivity index (χ0n) is 8.96. The minimum absolute atomic E-state index is 0.457. The van der Waals surface area contributed by atoms with Crippen molar-refractivity contribution in [1.29, 1.82) is 0 Å². The third-order valence-electron chi connectivity index (χ3n) is 1.96. The lowest BCUT2D eigenvalue weighted by molar-refractivity contribution is 0.337. The monoisotopic (exact) mass is 246 g/mol. The fraction of sp³-hybridized carbons (Fsp3) is 0.455. The summed E-state index contributed by atoms with van der Waals surface area (Å²) in [6.45, 7) is 0.693. The van der Waals surface area contributed by atoms with Crippen molar-refractivity contribution in [1.82, 2.24) is 0 Å². The van der Waals surface area contributed by atoms with Crippen molar-refractivity contribution in [3.05, 3.63) is 23.8 Å². The second-order valence-electron chi connectivity index (χ2n) is 2.95. The van der Waals surface area contributed by atoms with Crippen molar-refractivity contribution >= 4 is 23.4 Å². The van der Waals surface area contributed by atoms with Gasteiger partial charge in [-0.1, -0.05) is 6.07 Å². The Kier molecular flexibility index (Phi) is 5.73. The van der Waals surface area contributed by atoms with Crippen LogP contribution < -0.4 is 9.47 Å². The van der Waals surface area contributed by atoms with Gasteiger partial charge in [0, 0.05) is 17.4 Å². The number of methoxy groups -OCH3 is 1. The molecule has 0 aromatic heterocycles. The number of hydrogen-bond acceptors (Lipinski definition) is 3. The van der Waals surface area contributed by atoms with Crippen molar-refractivity contribution < 1.29 is 9.47 Å². The zero-order valence-corrected chi connectivity index (χ0v) is 10.5. The van der Waals surface area contributed by atoms with Crippen LogP contribution in [0.15, 0.2) is 18.2 Å². The first kappa shape index (κ1) is 12.5. The van der Waals surface area contributed by atoms with Crippen LogP contribution in [0.2, 0.25) is 0 Å². The van der Waals surface area contributed by atoms with Crippen LogP contribution in [0.4, 0.5) is 0 Å². The van der Waals surface area contributed by atoms with Crippen molar-refractivity contribution in [2.75, 3.05) is 25.7 Å². The van der Waals surface area contributed by atoms with E-state index < -0.39 is 0 Å². The number of benzene rings is 1. The first-order valence-electron chi connectivity index (χ1n) is 4.66. The average Bonchev–Trinajstić information content (AvgIpc) is 2.29. The summed E-state index contributed by atoms with van der Waals surface area (Å²) < 4.78 is 10.8. The Hall–Kier alpha value is -0.540. The summed E-state index contributed by atoms with van der Waals surface area (Å²) in [4.78, 5) is 0. The Morgan fingerprint density at radius 1 is 1.40 bits per heavy atom. The van der Waals surface area contributed by atoms with Gasteiger partial charge >= 0.3 is 0 Å². The number of hydrogen-bond donors (Lipinski definition) is 0. The highest BCUT2D eigenvalue weighted by atomic mass is 35.5. The topological polar surface area (TPSA) is 18.5 Å². The van der Waals surface area contributed by atoms with Gasteiger partial charge in [-0.25, -0.2) is 0 Å². The zero-order chi connectivity index (χ0) is 11.1. The van der Waals surface area contributed by atoms with E-state index in [-0.39, 0.29) is 0 Å². The first-order chi connectivity index (χ1) is 7.31. The van der Waals surface area contributed by atoms with Gasteiger partial charge in [0.25, 0.3) is 0 Å². The molecule has 0 amide bonds. The number of alkyl halides is 1. The lowest BCUT2D eigenvalue weighted by atomic mass is 10.2. The highest BCUT2D eigenvalue weighted by Gasteiger charge is 2.04. The molecular weight excluding hydrogens is 232 g/mol. The maximum absolute atomic E-state index is 5.81. The van der Waals surface area contributed by atoms with Crippen LogP contribution in [-0.2, 0) is 5.88 Å². The highest BCUT2D eigenvalue weighted by molar-refractivity contribution is 7.98. The molecule has 2 nitrogen and oxygen atoms in total. The average molecular weight is 247 g/mol. The Morgan fingerprint density at radius 3 is 2.80 bits per heavy atom. The van der Waals surface area contributed by atoms with Gasteiger partial charge in [-0.3, -0.25) is 0 Å². The van der Waals surface area contributed by atoms with Crippen molar-refractivity contribution in [2.45, 2.75) is 5.88 Å². The normalized spacial score (nSPS) is 10.1. The van der Waals surface area contributed by atoms with Crippen molar-refractivity contribution in [3.8, 4) is 11.5 Å². The van der Waals surface area contributed by atoms with Gasteiger partial charge in [-0.05, 0) is 12.3 Å². The molecule has 1 rings (SSSR count). The fourth-order valence-electron chi connectivity index (χ4n) is 1.14. The molecule has 84 valence electrons. The lowest BCUT2D eigenvalue weighted by Crippen LogP contribution is -2.02. The molecule has 0 bridgehead atoms. The minimum Gasteiger partial charge on any atom is -0.497 e. The van der Waals surface area contributed by atoms with Gasteiger partial charge < -0.3 is 9.47 Å². The molecule has 15 heavy (non-hydrogen) atoms. The van der Waals surface area contributed by atoms with E-state index in [1.165, 1.54) is 0 Å². The van der Waals surface area contributed by atoms with Gasteiger partial charge in [0.15, 0.2) is 0 Å². The van der Waals surface area contributed by atoms with E-state index in [4.69, 9.17) is 21.1 Å². The fourth-order valence-corrected chi connectivity index (χ4v) is 1.61. The Morgan fingerprint density at radius 2 is 2.20 bits per heavy atom. The molecule has 0 N–H and O–H groups in total. The Labute approximate surface area is 99.9 Å². The quantitative estimate of drug-likeness (QED) is 0.568. The third-order valence-corrected chi connectivity index (χ3v) is 2.83. The number of ether oxygens (including phenoxy) is 2. The van der Waals surface area contributed by atoms with Crippen molar-refractivity contribution in [3.63, 3.8) is 0 Å². The van der Waals surface area contributed by atoms with Crippen LogP contribution in [0.5, 0.6) is 11.5 Å². The molecule has 1 aromatic carbocycles. The molecule has 0 aliphatic carbocycles. The molecule has 4 heteroatoms. The summed E-state index contributed by atoms with van der Waals surface area (Å²) in [5.41, 5.74) is 0.999. The number of halogens is 1. The van der Waals surface area contributed by atoms with E-state index in [1.54, 1.807) is 18.9 Å². The van der Waals surface area contributed by atoms with Gasteiger partial charge in [0.05, 0.1) is 19.6 Å². The maximum Gasteiger partial charge on any atom is 0.127 e. The molecule has 0 saturated heterocycles. The van der Waals surface area contributed by atoms with E-state index >= 15 is 0 Å². The van der Waals surface area contributed by atoms with Crippen LogP contribution in [0, 0.1) is 0 Å². The predicted octanol–water partition coefficient (Wildman–Crippen LogP) is 3.18. The minimum atomic E-state index is 0.457. The van der Waals surface area contributed by atoms with Gasteiger partial charge in [0.1, 0.15) is 11.5 Å². The molecule has 1 aromatic rings. The second kappa shape index (κ2) is 6.85. The summed E-state index contributed by atoms with van der Waals surface area (Å²) in [6.07, 6.45) is 2.05. The second-order valence-corrected chi connectivity index (χ2v) is 4.20. The molecule has 0 saturated carbocycles. The van der Waals surface area contributed by atoms with Crippen LogP contribution in [0.25, 0.3) is 0 Å². The van der Waals surface area contributed by atoms with Crippen LogP contribution in [0.3, 0.4) is 0 Å². The summed E-state index contributed by atoms with van der Waals surface area (Å²) in [5, 5.41) is 0. The summed E-state index contributed by atoms with van der Waals surface area (Å²) in [7, 11) is 1.64. The van der Waals surface area contributed by atoms with Gasteiger partial charge in [-0.2, -0.15) is 11.8 Å². The smallest absolute Gasteiger partial charge is 0.127 e. The van der Waals surface area contributed by atoms with E-state index in [1.807, 2.05) is 18.2 Å². The Balaban J connectivity index is 2.72. The molecule has 0 atom stereocenters. The molecule has 0 radical (unpaired) electrons. The molecule has 0 aliphatic rings. The highest BCUT2D eigenvalue weighted by Crippen LogP contribution is 2.26. The number of thioether (sulfide) groups is 1. The Bertz CT molecular complexity index is 305. The third kappa shape index (κ3) is 3.84. The summed E-state index contributed by atoms with van der Waals surface area (Å²) >= 11 is 7.57.